The summed E-state index contributed by atoms with van der Waals surface area (Å²) in [7, 11) is 0. The van der Waals surface area contributed by atoms with E-state index in [9.17, 15) is 10.1 Å². The zero-order chi connectivity index (χ0) is 17.7. The first-order valence-electron chi connectivity index (χ1n) is 7.77. The lowest BCUT2D eigenvalue weighted by atomic mass is 9.82. The van der Waals surface area contributed by atoms with E-state index in [0.717, 1.165) is 16.5 Å². The van der Waals surface area contributed by atoms with Gasteiger partial charge in [0.2, 0.25) is 5.88 Å². The molecule has 0 spiro atoms. The van der Waals surface area contributed by atoms with E-state index < -0.39 is 11.9 Å². The molecule has 2 rings (SSSR count). The van der Waals surface area contributed by atoms with Crippen LogP contribution < -0.4 is 5.73 Å². The standard InChI is InChI=1S/C18H19BrN2O3/c1-3-7-14-16(18(22)23-4-2)15(12(10-20)17(21)24-14)11-8-5-6-9-13(11)19/h5-6,8-9,15H,3-4,7,21H2,1-2H3/t15-/m1/s1. The number of benzene rings is 1. The number of ether oxygens (including phenoxy) is 2. The largest absolute Gasteiger partial charge is 0.463 e. The van der Waals surface area contributed by atoms with Crippen LogP contribution in [-0.4, -0.2) is 12.6 Å². The number of nitrogens with zero attached hydrogens (tertiary/aromatic N) is 1. The van der Waals surface area contributed by atoms with Gasteiger partial charge in [0.05, 0.1) is 18.1 Å². The van der Waals surface area contributed by atoms with Crippen molar-refractivity contribution in [1.29, 1.82) is 5.26 Å². The summed E-state index contributed by atoms with van der Waals surface area (Å²) in [5.41, 5.74) is 7.29. The molecule has 24 heavy (non-hydrogen) atoms. The van der Waals surface area contributed by atoms with Crippen molar-refractivity contribution in [3.05, 3.63) is 57.1 Å². The van der Waals surface area contributed by atoms with Crippen molar-refractivity contribution in [2.75, 3.05) is 6.61 Å². The highest BCUT2D eigenvalue weighted by molar-refractivity contribution is 9.10. The van der Waals surface area contributed by atoms with Crippen LogP contribution in [0.2, 0.25) is 0 Å². The summed E-state index contributed by atoms with van der Waals surface area (Å²) in [6, 6.07) is 9.52. The van der Waals surface area contributed by atoms with Gasteiger partial charge in [-0.25, -0.2) is 4.79 Å². The molecule has 0 bridgehead atoms. The lowest BCUT2D eigenvalue weighted by Gasteiger charge is -2.28. The molecule has 0 radical (unpaired) electrons. The predicted octanol–water partition coefficient (Wildman–Crippen LogP) is 3.87. The summed E-state index contributed by atoms with van der Waals surface area (Å²) in [5, 5.41) is 9.57. The number of hydrogen-bond donors (Lipinski definition) is 1. The van der Waals surface area contributed by atoms with E-state index in [-0.39, 0.29) is 18.1 Å². The molecule has 5 nitrogen and oxygen atoms in total. The monoisotopic (exact) mass is 390 g/mol. The summed E-state index contributed by atoms with van der Waals surface area (Å²) < 4.78 is 11.6. The number of hydrogen-bond acceptors (Lipinski definition) is 5. The number of halogens is 1. The molecule has 6 heteroatoms. The van der Waals surface area contributed by atoms with Crippen LogP contribution in [0.25, 0.3) is 0 Å². The number of rotatable bonds is 5. The average Bonchev–Trinajstić information content (AvgIpc) is 2.55. The van der Waals surface area contributed by atoms with Crippen molar-refractivity contribution in [1.82, 2.24) is 0 Å². The second-order valence-electron chi connectivity index (χ2n) is 5.25. The summed E-state index contributed by atoms with van der Waals surface area (Å²) >= 11 is 3.49. The number of carbonyl (C=O) groups excluding carboxylic acids is 1. The Kier molecular flexibility index (Phi) is 6.04. The third kappa shape index (κ3) is 3.46. The fourth-order valence-corrected chi connectivity index (χ4v) is 3.20. The number of nitrogens with two attached hydrogens (primary N) is 1. The highest BCUT2D eigenvalue weighted by atomic mass is 79.9. The molecule has 0 unspecified atom stereocenters. The van der Waals surface area contributed by atoms with Crippen molar-refractivity contribution < 1.29 is 14.3 Å². The Balaban J connectivity index is 2.69. The molecule has 0 saturated heterocycles. The van der Waals surface area contributed by atoms with Gasteiger partial charge in [-0.3, -0.25) is 0 Å². The summed E-state index contributed by atoms with van der Waals surface area (Å²) in [4.78, 5) is 12.6. The Labute approximate surface area is 149 Å². The number of esters is 1. The van der Waals surface area contributed by atoms with Gasteiger partial charge in [-0.1, -0.05) is 41.1 Å². The third-order valence-corrected chi connectivity index (χ3v) is 4.41. The minimum absolute atomic E-state index is 0.0368. The zero-order valence-corrected chi connectivity index (χ0v) is 15.2. The van der Waals surface area contributed by atoms with E-state index in [1.807, 2.05) is 31.2 Å². The van der Waals surface area contributed by atoms with Gasteiger partial charge in [0.15, 0.2) is 0 Å². The fraction of sp³-hybridized carbons (Fsp3) is 0.333. The normalized spacial score (nSPS) is 17.3. The highest BCUT2D eigenvalue weighted by Crippen LogP contribution is 2.43. The van der Waals surface area contributed by atoms with Crippen LogP contribution in [0, 0.1) is 11.3 Å². The van der Waals surface area contributed by atoms with Gasteiger partial charge in [-0.05, 0) is 25.0 Å². The zero-order valence-electron chi connectivity index (χ0n) is 13.6. The van der Waals surface area contributed by atoms with E-state index in [4.69, 9.17) is 15.2 Å². The smallest absolute Gasteiger partial charge is 0.338 e. The first kappa shape index (κ1) is 18.1. The minimum atomic E-state index is -0.611. The molecule has 0 amide bonds. The summed E-state index contributed by atoms with van der Waals surface area (Å²) in [6.07, 6.45) is 1.31. The first-order chi connectivity index (χ1) is 11.5. The van der Waals surface area contributed by atoms with Crippen molar-refractivity contribution in [3.8, 4) is 6.07 Å². The number of allylic oxidation sites excluding steroid dienone is 2. The number of carbonyl (C=O) groups is 1. The van der Waals surface area contributed by atoms with Gasteiger partial charge >= 0.3 is 5.97 Å². The van der Waals surface area contributed by atoms with Crippen LogP contribution in [0.3, 0.4) is 0 Å². The quantitative estimate of drug-likeness (QED) is 0.770. The molecule has 126 valence electrons. The van der Waals surface area contributed by atoms with Gasteiger partial charge in [-0.15, -0.1) is 0 Å². The fourth-order valence-electron chi connectivity index (χ4n) is 2.68. The van der Waals surface area contributed by atoms with Crippen LogP contribution in [0.5, 0.6) is 0 Å². The summed E-state index contributed by atoms with van der Waals surface area (Å²) in [5.74, 6) is -0.593. The highest BCUT2D eigenvalue weighted by Gasteiger charge is 2.38. The maximum absolute atomic E-state index is 12.6. The molecule has 1 atom stereocenters. The van der Waals surface area contributed by atoms with E-state index in [2.05, 4.69) is 22.0 Å². The van der Waals surface area contributed by atoms with Crippen LogP contribution in [0.1, 0.15) is 38.2 Å². The Bertz CT molecular complexity index is 747. The van der Waals surface area contributed by atoms with E-state index in [1.54, 1.807) is 6.92 Å². The van der Waals surface area contributed by atoms with E-state index in [1.165, 1.54) is 0 Å². The molecule has 0 aromatic heterocycles. The Hall–Kier alpha value is -2.26. The van der Waals surface area contributed by atoms with Crippen LogP contribution in [0.15, 0.2) is 51.5 Å². The molecule has 1 aromatic carbocycles. The maximum atomic E-state index is 12.6. The topological polar surface area (TPSA) is 85.3 Å². The van der Waals surface area contributed by atoms with Gasteiger partial charge in [0.25, 0.3) is 0 Å². The van der Waals surface area contributed by atoms with Gasteiger partial charge in [0, 0.05) is 10.9 Å². The predicted molar refractivity (Wildman–Crippen MR) is 93.4 cm³/mol. The molecule has 1 aliphatic rings. The molecule has 1 heterocycles. The Morgan fingerprint density at radius 1 is 1.42 bits per heavy atom. The van der Waals surface area contributed by atoms with Crippen molar-refractivity contribution in [2.45, 2.75) is 32.6 Å². The van der Waals surface area contributed by atoms with Crippen molar-refractivity contribution in [3.63, 3.8) is 0 Å². The van der Waals surface area contributed by atoms with Gasteiger partial charge in [0.1, 0.15) is 17.4 Å². The van der Waals surface area contributed by atoms with Gasteiger partial charge in [-0.2, -0.15) is 5.26 Å². The van der Waals surface area contributed by atoms with Crippen LogP contribution in [0.4, 0.5) is 0 Å². The molecule has 2 N–H and O–H groups in total. The molecule has 1 aromatic rings. The molecule has 0 fully saturated rings. The second kappa shape index (κ2) is 8.02. The first-order valence-corrected chi connectivity index (χ1v) is 8.56. The molecule has 1 aliphatic heterocycles. The van der Waals surface area contributed by atoms with E-state index >= 15 is 0 Å². The van der Waals surface area contributed by atoms with Crippen molar-refractivity contribution >= 4 is 21.9 Å². The minimum Gasteiger partial charge on any atom is -0.463 e. The second-order valence-corrected chi connectivity index (χ2v) is 6.11. The molecule has 0 aliphatic carbocycles. The third-order valence-electron chi connectivity index (χ3n) is 3.69. The van der Waals surface area contributed by atoms with E-state index in [0.29, 0.717) is 17.8 Å². The molecular weight excluding hydrogens is 372 g/mol. The van der Waals surface area contributed by atoms with Crippen LogP contribution >= 0.6 is 15.9 Å². The summed E-state index contributed by atoms with van der Waals surface area (Å²) in [6.45, 7) is 3.96. The SMILES string of the molecule is CCCC1=C(C(=O)OCC)[C@H](c2ccccc2Br)C(C#N)=C(N)O1. The maximum Gasteiger partial charge on any atom is 0.338 e. The Morgan fingerprint density at radius 2 is 2.12 bits per heavy atom. The Morgan fingerprint density at radius 3 is 2.71 bits per heavy atom. The van der Waals surface area contributed by atoms with Crippen LogP contribution in [-0.2, 0) is 14.3 Å². The lowest BCUT2D eigenvalue weighted by molar-refractivity contribution is -0.139. The molecule has 0 saturated carbocycles. The van der Waals surface area contributed by atoms with Crippen molar-refractivity contribution in [2.24, 2.45) is 5.73 Å². The lowest BCUT2D eigenvalue weighted by Crippen LogP contribution is -2.26. The average molecular weight is 391 g/mol. The number of nitriles is 1. The molecular formula is C18H19BrN2O3. The van der Waals surface area contributed by atoms with Gasteiger partial charge < -0.3 is 15.2 Å².